The molecule has 0 bridgehead atoms. The minimum absolute atomic E-state index is 0.385. The van der Waals surface area contributed by atoms with Gasteiger partial charge in [-0.25, -0.2) is 9.98 Å². The van der Waals surface area contributed by atoms with E-state index < -0.39 is 0 Å². The third kappa shape index (κ3) is 2.56. The normalized spacial score (nSPS) is 11.7. The second kappa shape index (κ2) is 5.44. The Morgan fingerprint density at radius 2 is 2.05 bits per heavy atom. The van der Waals surface area contributed by atoms with E-state index in [-0.39, 0.29) is 0 Å². The van der Waals surface area contributed by atoms with Gasteiger partial charge in [-0.15, -0.1) is 22.7 Å². The van der Waals surface area contributed by atoms with Crippen molar-refractivity contribution in [2.45, 2.75) is 0 Å². The quantitative estimate of drug-likeness (QED) is 0.441. The molecular weight excluding hydrogens is 288 g/mol. The zero-order chi connectivity index (χ0) is 13.9. The van der Waals surface area contributed by atoms with E-state index in [0.29, 0.717) is 16.7 Å². The number of rotatable bonds is 3. The van der Waals surface area contributed by atoms with Crippen LogP contribution in [0.1, 0.15) is 5.56 Å². The number of aliphatic imine (C=N–C) groups is 1. The molecule has 0 saturated heterocycles. The summed E-state index contributed by atoms with van der Waals surface area (Å²) in [6.45, 7) is 0. The molecule has 0 radical (unpaired) electrons. The molecule has 3 aromatic rings. The molecule has 6 heteroatoms. The summed E-state index contributed by atoms with van der Waals surface area (Å²) in [5, 5.41) is 4.53. The summed E-state index contributed by atoms with van der Waals surface area (Å²) in [7, 11) is 0. The van der Waals surface area contributed by atoms with Crippen molar-refractivity contribution in [1.29, 1.82) is 0 Å². The van der Waals surface area contributed by atoms with Crippen molar-refractivity contribution in [2.24, 2.45) is 10.7 Å². The fourth-order valence-electron chi connectivity index (χ4n) is 1.81. The Morgan fingerprint density at radius 3 is 2.75 bits per heavy atom. The first kappa shape index (κ1) is 12.8. The minimum atomic E-state index is 0.385. The van der Waals surface area contributed by atoms with Crippen LogP contribution in [0.3, 0.4) is 0 Å². The fourth-order valence-corrected chi connectivity index (χ4v) is 3.05. The van der Waals surface area contributed by atoms with Crippen LogP contribution in [-0.2, 0) is 0 Å². The summed E-state index contributed by atoms with van der Waals surface area (Å²) in [4.78, 5) is 9.57. The summed E-state index contributed by atoms with van der Waals surface area (Å²) in [6.07, 6.45) is 1.70. The molecule has 1 aromatic carbocycles. The Kier molecular flexibility index (Phi) is 3.49. The van der Waals surface area contributed by atoms with Crippen LogP contribution in [0.4, 0.5) is 10.8 Å². The Morgan fingerprint density at radius 1 is 1.15 bits per heavy atom. The Labute approximate surface area is 124 Å². The van der Waals surface area contributed by atoms with Crippen LogP contribution in [0.5, 0.6) is 0 Å². The van der Waals surface area contributed by atoms with E-state index in [4.69, 9.17) is 11.5 Å². The number of aromatic nitrogens is 1. The molecular formula is C14H12N4S2. The molecule has 0 atom stereocenters. The Balaban J connectivity index is 2.03. The monoisotopic (exact) mass is 300 g/mol. The second-order valence-electron chi connectivity index (χ2n) is 4.09. The first-order valence-corrected chi connectivity index (χ1v) is 7.67. The molecule has 0 aliphatic carbocycles. The number of nitrogens with two attached hydrogens (primary N) is 2. The van der Waals surface area contributed by atoms with Crippen molar-refractivity contribution in [3.05, 3.63) is 52.9 Å². The van der Waals surface area contributed by atoms with Crippen LogP contribution in [0, 0.1) is 0 Å². The lowest BCUT2D eigenvalue weighted by Gasteiger charge is -2.07. The number of hydrogen-bond acceptors (Lipinski definition) is 5. The van der Waals surface area contributed by atoms with Crippen LogP contribution < -0.4 is 11.5 Å². The van der Waals surface area contributed by atoms with Crippen LogP contribution in [0.15, 0.2) is 52.3 Å². The topological polar surface area (TPSA) is 77.3 Å². The molecule has 0 aliphatic heterocycles. The summed E-state index contributed by atoms with van der Waals surface area (Å²) >= 11 is 3.11. The molecule has 2 heterocycles. The highest BCUT2D eigenvalue weighted by molar-refractivity contribution is 7.13. The van der Waals surface area contributed by atoms with Crippen molar-refractivity contribution in [2.75, 3.05) is 5.73 Å². The molecule has 20 heavy (non-hydrogen) atoms. The lowest BCUT2D eigenvalue weighted by atomic mass is 10.1. The number of amidine groups is 1. The van der Waals surface area contributed by atoms with Crippen molar-refractivity contribution < 1.29 is 0 Å². The van der Waals surface area contributed by atoms with E-state index in [1.165, 1.54) is 16.2 Å². The van der Waals surface area contributed by atoms with Crippen molar-refractivity contribution in [3.8, 4) is 10.4 Å². The number of thiophene rings is 1. The highest BCUT2D eigenvalue weighted by Crippen LogP contribution is 2.28. The molecule has 0 unspecified atom stereocenters. The van der Waals surface area contributed by atoms with Gasteiger partial charge in [-0.1, -0.05) is 12.1 Å². The number of hydrogen-bond donors (Lipinski definition) is 2. The highest BCUT2D eigenvalue weighted by atomic mass is 32.1. The van der Waals surface area contributed by atoms with Crippen LogP contribution >= 0.6 is 22.7 Å². The van der Waals surface area contributed by atoms with Gasteiger partial charge in [0.05, 0.1) is 0 Å². The molecule has 0 amide bonds. The lowest BCUT2D eigenvalue weighted by Crippen LogP contribution is -2.15. The molecule has 4 nitrogen and oxygen atoms in total. The van der Waals surface area contributed by atoms with Crippen molar-refractivity contribution in [1.82, 2.24) is 4.98 Å². The maximum Gasteiger partial charge on any atom is 0.211 e. The van der Waals surface area contributed by atoms with Gasteiger partial charge in [-0.05, 0) is 29.1 Å². The van der Waals surface area contributed by atoms with Gasteiger partial charge in [-0.2, -0.15) is 0 Å². The first-order chi connectivity index (χ1) is 9.74. The third-order valence-electron chi connectivity index (χ3n) is 2.77. The molecule has 0 aliphatic rings. The van der Waals surface area contributed by atoms with Crippen LogP contribution in [0.2, 0.25) is 0 Å². The summed E-state index contributed by atoms with van der Waals surface area (Å²) in [5.41, 5.74) is 14.5. The average Bonchev–Trinajstić information content (AvgIpc) is 3.11. The van der Waals surface area contributed by atoms with Gasteiger partial charge in [0, 0.05) is 27.7 Å². The molecule has 100 valence electrons. The van der Waals surface area contributed by atoms with E-state index >= 15 is 0 Å². The number of thiazole rings is 1. The molecule has 0 saturated carbocycles. The van der Waals surface area contributed by atoms with E-state index in [9.17, 15) is 0 Å². The average molecular weight is 300 g/mol. The maximum absolute atomic E-state index is 6.05. The van der Waals surface area contributed by atoms with Gasteiger partial charge < -0.3 is 11.5 Å². The molecule has 3 rings (SSSR count). The number of benzene rings is 1. The van der Waals surface area contributed by atoms with Crippen LogP contribution in [0.25, 0.3) is 10.4 Å². The predicted molar refractivity (Wildman–Crippen MR) is 86.7 cm³/mol. The molecule has 0 fully saturated rings. The van der Waals surface area contributed by atoms with E-state index in [1.807, 2.05) is 35.0 Å². The highest BCUT2D eigenvalue weighted by Gasteiger charge is 2.08. The fraction of sp³-hybridized carbons (Fsp3) is 0. The standard InChI is InChI=1S/C14H12N4S2/c15-11-4-3-9(12-2-1-6-19-12)8-10(11)13(16)18-14-17-5-7-20-14/h1-8H,15H2,(H2,16,17,18). The van der Waals surface area contributed by atoms with Gasteiger partial charge >= 0.3 is 0 Å². The van der Waals surface area contributed by atoms with Gasteiger partial charge in [-0.3, -0.25) is 0 Å². The van der Waals surface area contributed by atoms with Gasteiger partial charge in [0.1, 0.15) is 5.84 Å². The Bertz CT molecular complexity index is 731. The summed E-state index contributed by atoms with van der Waals surface area (Å²) in [5.74, 6) is 0.385. The zero-order valence-corrected chi connectivity index (χ0v) is 12.1. The second-order valence-corrected chi connectivity index (χ2v) is 5.91. The molecule has 0 spiro atoms. The zero-order valence-electron chi connectivity index (χ0n) is 10.5. The van der Waals surface area contributed by atoms with E-state index in [0.717, 1.165) is 11.1 Å². The van der Waals surface area contributed by atoms with Crippen molar-refractivity contribution >= 4 is 39.3 Å². The number of anilines is 1. The Hall–Kier alpha value is -2.18. The third-order valence-corrected chi connectivity index (χ3v) is 4.35. The molecule has 4 N–H and O–H groups in total. The van der Waals surface area contributed by atoms with Gasteiger partial charge in [0.15, 0.2) is 0 Å². The largest absolute Gasteiger partial charge is 0.398 e. The maximum atomic E-state index is 6.05. The summed E-state index contributed by atoms with van der Waals surface area (Å²) < 4.78 is 0. The number of nitrogens with zero attached hydrogens (tertiary/aromatic N) is 2. The number of nitrogen functional groups attached to an aromatic ring is 1. The smallest absolute Gasteiger partial charge is 0.211 e. The van der Waals surface area contributed by atoms with Crippen LogP contribution in [-0.4, -0.2) is 10.8 Å². The minimum Gasteiger partial charge on any atom is -0.398 e. The van der Waals surface area contributed by atoms with E-state index in [1.54, 1.807) is 17.5 Å². The van der Waals surface area contributed by atoms with E-state index in [2.05, 4.69) is 16.0 Å². The summed E-state index contributed by atoms with van der Waals surface area (Å²) in [6, 6.07) is 9.89. The van der Waals surface area contributed by atoms with Gasteiger partial charge in [0.25, 0.3) is 0 Å². The lowest BCUT2D eigenvalue weighted by molar-refractivity contribution is 1.34. The van der Waals surface area contributed by atoms with Crippen molar-refractivity contribution in [3.63, 3.8) is 0 Å². The first-order valence-electron chi connectivity index (χ1n) is 5.91. The SMILES string of the molecule is N/C(=N\c1nccs1)c1cc(-c2cccs2)ccc1N. The molecule has 2 aromatic heterocycles. The predicted octanol–water partition coefficient (Wildman–Crippen LogP) is 3.49. The van der Waals surface area contributed by atoms with Gasteiger partial charge in [0.2, 0.25) is 5.13 Å².